The third-order valence-electron chi connectivity index (χ3n) is 5.31. The molecule has 0 aliphatic carbocycles. The van der Waals surface area contributed by atoms with Crippen molar-refractivity contribution >= 4 is 38.5 Å². The number of ether oxygens (including phenoxy) is 2. The van der Waals surface area contributed by atoms with Crippen molar-refractivity contribution in [2.24, 2.45) is 4.99 Å². The molecule has 0 spiro atoms. The second-order valence-electron chi connectivity index (χ2n) is 7.52. The van der Waals surface area contributed by atoms with E-state index in [2.05, 4.69) is 4.99 Å². The number of rotatable bonds is 6. The number of sulfonamides is 1. The summed E-state index contributed by atoms with van der Waals surface area (Å²) in [4.78, 5) is 19.8. The Bertz CT molecular complexity index is 1100. The van der Waals surface area contributed by atoms with Crippen molar-refractivity contribution in [1.29, 1.82) is 0 Å². The van der Waals surface area contributed by atoms with Gasteiger partial charge in [0.15, 0.2) is 5.17 Å². The van der Waals surface area contributed by atoms with Crippen LogP contribution in [0.25, 0.3) is 0 Å². The molecule has 2 saturated heterocycles. The number of amidine groups is 1. The molecule has 176 valence electrons. The molecule has 2 aromatic rings. The van der Waals surface area contributed by atoms with Crippen LogP contribution in [0, 0.1) is 0 Å². The minimum Gasteiger partial charge on any atom is -0.494 e. The highest BCUT2D eigenvalue weighted by Crippen LogP contribution is 2.26. The fourth-order valence-electron chi connectivity index (χ4n) is 3.60. The van der Waals surface area contributed by atoms with E-state index in [0.717, 1.165) is 23.6 Å². The van der Waals surface area contributed by atoms with E-state index in [9.17, 15) is 13.2 Å². The van der Waals surface area contributed by atoms with Gasteiger partial charge in [0.1, 0.15) is 5.75 Å². The van der Waals surface area contributed by atoms with Gasteiger partial charge in [-0.25, -0.2) is 13.4 Å². The van der Waals surface area contributed by atoms with Crippen molar-refractivity contribution in [3.63, 3.8) is 0 Å². The number of carbonyl (C=O) groups is 1. The maximum Gasteiger partial charge on any atom is 0.259 e. The highest BCUT2D eigenvalue weighted by molar-refractivity contribution is 8.13. The molecule has 33 heavy (non-hydrogen) atoms. The minimum atomic E-state index is -3.60. The van der Waals surface area contributed by atoms with E-state index in [0.29, 0.717) is 50.2 Å². The molecule has 10 heteroatoms. The van der Waals surface area contributed by atoms with E-state index in [-0.39, 0.29) is 10.8 Å². The highest BCUT2D eigenvalue weighted by atomic mass is 32.2. The summed E-state index contributed by atoms with van der Waals surface area (Å²) in [7, 11) is -3.60. The summed E-state index contributed by atoms with van der Waals surface area (Å²) in [6, 6.07) is 13.6. The van der Waals surface area contributed by atoms with Crippen molar-refractivity contribution < 1.29 is 22.7 Å². The van der Waals surface area contributed by atoms with E-state index in [1.54, 1.807) is 17.0 Å². The Balaban J connectivity index is 1.51. The zero-order valence-corrected chi connectivity index (χ0v) is 20.1. The smallest absolute Gasteiger partial charge is 0.259 e. The number of hydrogen-bond acceptors (Lipinski definition) is 7. The Hall–Kier alpha value is -2.40. The van der Waals surface area contributed by atoms with Crippen LogP contribution in [0.2, 0.25) is 0 Å². The molecule has 4 rings (SSSR count). The minimum absolute atomic E-state index is 0.178. The number of hydrogen-bond donors (Lipinski definition) is 0. The van der Waals surface area contributed by atoms with Crippen LogP contribution in [0.3, 0.4) is 0 Å². The lowest BCUT2D eigenvalue weighted by atomic mass is 10.2. The Labute approximate surface area is 198 Å². The van der Waals surface area contributed by atoms with E-state index in [4.69, 9.17) is 9.47 Å². The number of nitrogens with zero attached hydrogens (tertiary/aromatic N) is 3. The molecule has 0 bridgehead atoms. The first-order valence-corrected chi connectivity index (χ1v) is 13.4. The van der Waals surface area contributed by atoms with Crippen LogP contribution < -0.4 is 4.74 Å². The number of morpholine rings is 1. The van der Waals surface area contributed by atoms with Crippen molar-refractivity contribution in [3.8, 4) is 5.75 Å². The normalized spacial score (nSPS) is 18.9. The van der Waals surface area contributed by atoms with Crippen molar-refractivity contribution in [3.05, 3.63) is 54.1 Å². The van der Waals surface area contributed by atoms with Gasteiger partial charge in [0.25, 0.3) is 5.91 Å². The third kappa shape index (κ3) is 5.57. The van der Waals surface area contributed by atoms with Gasteiger partial charge in [0, 0.05) is 31.0 Å². The standard InChI is InChI=1S/C23H27N3O5S2/c1-2-31-20-8-6-19(7-9-20)24-23-26(12-3-17-32-23)22(27)18-4-10-21(11-5-18)33(28,29)25-13-15-30-16-14-25/h4-11H,2-3,12-17H2,1H3. The summed E-state index contributed by atoms with van der Waals surface area (Å²) in [6.45, 7) is 4.53. The molecule has 0 aromatic heterocycles. The highest BCUT2D eigenvalue weighted by Gasteiger charge is 2.28. The molecule has 0 atom stereocenters. The van der Waals surface area contributed by atoms with E-state index < -0.39 is 10.0 Å². The lowest BCUT2D eigenvalue weighted by Gasteiger charge is -2.28. The van der Waals surface area contributed by atoms with E-state index in [1.807, 2.05) is 31.2 Å². The summed E-state index contributed by atoms with van der Waals surface area (Å²) in [5, 5.41) is 0.639. The molecule has 2 fully saturated rings. The van der Waals surface area contributed by atoms with Crippen LogP contribution in [-0.4, -0.2) is 73.9 Å². The first-order valence-electron chi connectivity index (χ1n) is 10.9. The molecular formula is C23H27N3O5S2. The Kier molecular flexibility index (Phi) is 7.69. The number of thioether (sulfide) groups is 1. The largest absolute Gasteiger partial charge is 0.494 e. The van der Waals surface area contributed by atoms with Crippen LogP contribution in [-0.2, 0) is 14.8 Å². The fourth-order valence-corrected chi connectivity index (χ4v) is 5.96. The SMILES string of the molecule is CCOc1ccc(N=C2SCCCN2C(=O)c2ccc(S(=O)(=O)N3CCOCC3)cc2)cc1. The average molecular weight is 490 g/mol. The second-order valence-corrected chi connectivity index (χ2v) is 10.5. The van der Waals surface area contributed by atoms with E-state index in [1.165, 1.54) is 28.2 Å². The third-order valence-corrected chi connectivity index (χ3v) is 8.29. The molecule has 8 nitrogen and oxygen atoms in total. The van der Waals surface area contributed by atoms with Gasteiger partial charge in [-0.15, -0.1) is 0 Å². The molecular weight excluding hydrogens is 462 g/mol. The Morgan fingerprint density at radius 1 is 1.06 bits per heavy atom. The van der Waals surface area contributed by atoms with Gasteiger partial charge < -0.3 is 9.47 Å². The van der Waals surface area contributed by atoms with Gasteiger partial charge in [-0.3, -0.25) is 9.69 Å². The molecule has 2 aliphatic rings. The van der Waals surface area contributed by atoms with E-state index >= 15 is 0 Å². The Morgan fingerprint density at radius 2 is 1.76 bits per heavy atom. The number of carbonyl (C=O) groups excluding carboxylic acids is 1. The Morgan fingerprint density at radius 3 is 2.42 bits per heavy atom. The lowest BCUT2D eigenvalue weighted by molar-refractivity contribution is 0.0730. The molecule has 0 N–H and O–H groups in total. The summed E-state index contributed by atoms with van der Waals surface area (Å²) in [6.07, 6.45) is 0.863. The topological polar surface area (TPSA) is 88.5 Å². The predicted molar refractivity (Wildman–Crippen MR) is 129 cm³/mol. The summed E-state index contributed by atoms with van der Waals surface area (Å²) in [5.41, 5.74) is 1.17. The summed E-state index contributed by atoms with van der Waals surface area (Å²) >= 11 is 1.54. The lowest BCUT2D eigenvalue weighted by Crippen LogP contribution is -2.40. The molecule has 2 aromatic carbocycles. The van der Waals surface area contributed by atoms with Gasteiger partial charge >= 0.3 is 0 Å². The van der Waals surface area contributed by atoms with Crippen molar-refractivity contribution in [2.75, 3.05) is 45.2 Å². The van der Waals surface area contributed by atoms with Gasteiger partial charge in [0.2, 0.25) is 10.0 Å². The van der Waals surface area contributed by atoms with Gasteiger partial charge in [-0.05, 0) is 61.9 Å². The molecule has 1 amide bonds. The first kappa shape index (κ1) is 23.7. The number of aliphatic imine (C=N–C) groups is 1. The number of amides is 1. The van der Waals surface area contributed by atoms with Gasteiger partial charge in [-0.1, -0.05) is 11.8 Å². The zero-order chi connectivity index (χ0) is 23.3. The number of benzene rings is 2. The maximum atomic E-state index is 13.2. The van der Waals surface area contributed by atoms with Crippen LogP contribution >= 0.6 is 11.8 Å². The zero-order valence-electron chi connectivity index (χ0n) is 18.5. The predicted octanol–water partition coefficient (Wildman–Crippen LogP) is 3.37. The average Bonchev–Trinajstić information content (AvgIpc) is 2.86. The van der Waals surface area contributed by atoms with Crippen molar-refractivity contribution in [1.82, 2.24) is 9.21 Å². The quantitative estimate of drug-likeness (QED) is 0.618. The first-order chi connectivity index (χ1) is 16.0. The van der Waals surface area contributed by atoms with Gasteiger partial charge in [-0.2, -0.15) is 4.31 Å². The molecule has 0 saturated carbocycles. The molecule has 0 radical (unpaired) electrons. The van der Waals surface area contributed by atoms with Crippen LogP contribution in [0.15, 0.2) is 58.4 Å². The van der Waals surface area contributed by atoms with Crippen LogP contribution in [0.5, 0.6) is 5.75 Å². The van der Waals surface area contributed by atoms with Crippen LogP contribution in [0.1, 0.15) is 23.7 Å². The second kappa shape index (κ2) is 10.7. The molecule has 0 unspecified atom stereocenters. The van der Waals surface area contributed by atoms with Crippen molar-refractivity contribution in [2.45, 2.75) is 18.2 Å². The summed E-state index contributed by atoms with van der Waals surface area (Å²) in [5.74, 6) is 1.47. The monoisotopic (exact) mass is 489 g/mol. The maximum absolute atomic E-state index is 13.2. The fraction of sp³-hybridized carbons (Fsp3) is 0.391. The molecule has 2 aliphatic heterocycles. The van der Waals surface area contributed by atoms with Gasteiger partial charge in [0.05, 0.1) is 30.4 Å². The molecule has 2 heterocycles. The van der Waals surface area contributed by atoms with Crippen LogP contribution in [0.4, 0.5) is 5.69 Å². The summed E-state index contributed by atoms with van der Waals surface area (Å²) < 4.78 is 37.8.